The normalized spacial score (nSPS) is 13.2. The van der Waals surface area contributed by atoms with E-state index in [-0.39, 0.29) is 75.6 Å². The number of amides is 8. The zero-order valence-corrected chi connectivity index (χ0v) is 72.3. The Bertz CT molecular complexity index is 2820. The van der Waals surface area contributed by atoms with Gasteiger partial charge in [0.1, 0.15) is 49.0 Å². The molecule has 0 heterocycles. The topological polar surface area (TPSA) is 386 Å². The van der Waals surface area contributed by atoms with Crippen LogP contribution in [0.15, 0.2) is 42.5 Å². The maximum absolute atomic E-state index is 15.3. The number of nitrogens with two attached hydrogens (primary N) is 5. The van der Waals surface area contributed by atoms with E-state index in [0.717, 1.165) is 75.0 Å². The Kier molecular flexibility index (Phi) is 65.8. The molecule has 2 rings (SSSR count). The monoisotopic (exact) mass is 1620 g/mol. The van der Waals surface area contributed by atoms with Crippen LogP contribution in [0.3, 0.4) is 0 Å². The van der Waals surface area contributed by atoms with Crippen LogP contribution in [-0.4, -0.2) is 147 Å². The fourth-order valence-electron chi connectivity index (χ4n) is 14.3. The highest BCUT2D eigenvalue weighted by atomic mass is 32.2. The van der Waals surface area contributed by atoms with Gasteiger partial charge in [-0.3, -0.25) is 38.4 Å². The van der Waals surface area contributed by atoms with Crippen molar-refractivity contribution < 1.29 is 52.6 Å². The molecule has 0 aliphatic rings. The van der Waals surface area contributed by atoms with Crippen molar-refractivity contribution in [2.24, 2.45) is 28.7 Å². The minimum atomic E-state index is -1.34. The number of primary amides is 1. The number of fused-ring (bicyclic) bond motifs is 1. The largest absolute Gasteiger partial charge is 0.462 e. The summed E-state index contributed by atoms with van der Waals surface area (Å²) < 4.78 is 12.0. The van der Waals surface area contributed by atoms with E-state index < -0.39 is 89.8 Å². The fraction of sp³-hybridized carbons (Fsp3) is 0.789. The van der Waals surface area contributed by atoms with Crippen LogP contribution in [0.4, 0.5) is 4.79 Å². The molecule has 17 N–H and O–H groups in total. The number of urea groups is 1. The summed E-state index contributed by atoms with van der Waals surface area (Å²) in [6.07, 6.45) is 48.3. The van der Waals surface area contributed by atoms with Crippen molar-refractivity contribution in [2.45, 2.75) is 403 Å². The van der Waals surface area contributed by atoms with E-state index in [2.05, 4.69) is 58.0 Å². The molecule has 0 aromatic heterocycles. The van der Waals surface area contributed by atoms with Gasteiger partial charge in [0, 0.05) is 37.3 Å². The lowest BCUT2D eigenvalue weighted by Crippen LogP contribution is -2.60. The van der Waals surface area contributed by atoms with Gasteiger partial charge >= 0.3 is 18.0 Å². The molecule has 0 aliphatic carbocycles. The summed E-state index contributed by atoms with van der Waals surface area (Å²) in [4.78, 5) is 128. The van der Waals surface area contributed by atoms with Crippen molar-refractivity contribution in [1.29, 1.82) is 0 Å². The first-order chi connectivity index (χ1) is 55.5. The van der Waals surface area contributed by atoms with E-state index in [9.17, 15) is 33.6 Å². The van der Waals surface area contributed by atoms with E-state index in [4.69, 9.17) is 38.1 Å². The molecule has 0 saturated heterocycles. The number of carbonyl (C=O) groups is 9. The second kappa shape index (κ2) is 72.2. The van der Waals surface area contributed by atoms with E-state index in [1.54, 1.807) is 0 Å². The molecule has 654 valence electrons. The molecule has 24 heteroatoms. The van der Waals surface area contributed by atoms with Gasteiger partial charge in [0.05, 0.1) is 0 Å². The highest BCUT2D eigenvalue weighted by Crippen LogP contribution is 2.22. The first-order valence-electron chi connectivity index (χ1n) is 45.6. The Morgan fingerprint density at radius 3 is 1.10 bits per heavy atom. The van der Waals surface area contributed by atoms with Crippen LogP contribution in [0.25, 0.3) is 10.8 Å². The SMILES string of the molecule is CCCCCCCCCCCCCCCC(=O)OCC(CSC[C@H](NC(=O)NCCCCCCCCCCCCCC)C(=O)N[C@@H](Cc1ccc2ccccc2c1)C(=O)N[C@@H](CCCCN)C(=O)N[C@@H](CCCCN)C(=O)N[C@@H](CCCCN)C(=O)N[C@@H](CCCCN)C(N)=O)OC(=O)CCCCCCCCCCCCCCC. The van der Waals surface area contributed by atoms with E-state index in [0.29, 0.717) is 96.0 Å². The minimum absolute atomic E-state index is 0.0459. The molecule has 114 heavy (non-hydrogen) atoms. The number of unbranched alkanes of at least 4 members (excludes halogenated alkanes) is 39. The van der Waals surface area contributed by atoms with Crippen molar-refractivity contribution in [2.75, 3.05) is 50.8 Å². The Balaban J connectivity index is 2.55. The average molecular weight is 1620 g/mol. The van der Waals surface area contributed by atoms with Crippen LogP contribution in [0.1, 0.15) is 360 Å². The third-order valence-electron chi connectivity index (χ3n) is 21.5. The number of esters is 2. The van der Waals surface area contributed by atoms with Crippen molar-refractivity contribution in [3.05, 3.63) is 48.0 Å². The molecule has 0 aliphatic heterocycles. The Hall–Kier alpha value is -6.08. The first-order valence-corrected chi connectivity index (χ1v) is 46.8. The maximum atomic E-state index is 15.3. The van der Waals surface area contributed by atoms with Gasteiger partial charge in [-0.15, -0.1) is 0 Å². The summed E-state index contributed by atoms with van der Waals surface area (Å²) in [5.74, 6) is -4.88. The molecule has 7 atom stereocenters. The van der Waals surface area contributed by atoms with Crippen molar-refractivity contribution in [1.82, 2.24) is 37.2 Å². The summed E-state index contributed by atoms with van der Waals surface area (Å²) >= 11 is 1.24. The van der Waals surface area contributed by atoms with Gasteiger partial charge in [0.25, 0.3) is 0 Å². The van der Waals surface area contributed by atoms with E-state index in [1.807, 2.05) is 42.5 Å². The van der Waals surface area contributed by atoms with Crippen LogP contribution in [0.5, 0.6) is 0 Å². The van der Waals surface area contributed by atoms with Gasteiger partial charge in [-0.05, 0) is 139 Å². The number of rotatable bonds is 78. The van der Waals surface area contributed by atoms with Gasteiger partial charge in [-0.1, -0.05) is 288 Å². The van der Waals surface area contributed by atoms with Gasteiger partial charge in [0.15, 0.2) is 0 Å². The Labute approximate surface area is 693 Å². The number of hydrogen-bond acceptors (Lipinski definition) is 16. The van der Waals surface area contributed by atoms with Crippen molar-refractivity contribution >= 4 is 75.9 Å². The lowest BCUT2D eigenvalue weighted by atomic mass is 10.00. The second-order valence-corrected chi connectivity index (χ2v) is 33.0. The molecule has 23 nitrogen and oxygen atoms in total. The molecule has 0 fully saturated rings. The van der Waals surface area contributed by atoms with Crippen LogP contribution >= 0.6 is 11.8 Å². The number of carbonyl (C=O) groups excluding carboxylic acids is 9. The Morgan fingerprint density at radius 1 is 0.351 bits per heavy atom. The van der Waals surface area contributed by atoms with Crippen LogP contribution in [0.2, 0.25) is 0 Å². The lowest BCUT2D eigenvalue weighted by Gasteiger charge is -2.28. The van der Waals surface area contributed by atoms with Crippen LogP contribution < -0.4 is 65.9 Å². The third kappa shape index (κ3) is 54.8. The molecule has 2 aromatic rings. The van der Waals surface area contributed by atoms with Crippen molar-refractivity contribution in [3.63, 3.8) is 0 Å². The van der Waals surface area contributed by atoms with Crippen LogP contribution in [0, 0.1) is 0 Å². The molecule has 1 unspecified atom stereocenters. The molecule has 2 aromatic carbocycles. The number of thioether (sulfide) groups is 1. The quantitative estimate of drug-likeness (QED) is 0.0216. The Morgan fingerprint density at radius 2 is 0.693 bits per heavy atom. The summed E-state index contributed by atoms with van der Waals surface area (Å²) in [6.45, 7) is 8.21. The number of nitrogens with one attached hydrogen (secondary N) is 7. The van der Waals surface area contributed by atoms with E-state index >= 15 is 9.59 Å². The van der Waals surface area contributed by atoms with Gasteiger partial charge < -0.3 is 75.4 Å². The molecule has 8 amide bonds. The standard InChI is InChI=1S/C90H162N12O11S/c1-4-7-10-13-16-19-22-25-27-30-33-36-39-58-82(103)112-69-75(113-83(104)59-40-37-34-31-28-26-23-20-17-14-11-8-5-2)70-114-71-81(102-90(111)96-66-51-38-35-32-29-24-21-18-15-12-9-6-3)89(110)101-80(68-72-60-61-73-52-41-42-53-74(73)67-72)88(109)100-79(57-46-50-65-94)87(108)99-78(56-45-49-64-93)86(107)98-77(55-44-48-63-92)85(106)97-76(84(95)105)54-43-47-62-91/h41-42,52-53,60-61,67,75-81H,4-40,43-51,54-59,62-66,68-71,91-94H2,1-3H3,(H2,95,105)(H,97,106)(H,98,107)(H,99,108)(H,100,109)(H,101,110)(H2,96,102,111)/t75?,76-,77-,78-,79-,80-,81-/m0/s1. The van der Waals surface area contributed by atoms with Crippen molar-refractivity contribution in [3.8, 4) is 0 Å². The molecule has 0 radical (unpaired) electrons. The number of hydrogen-bond donors (Lipinski definition) is 12. The predicted octanol–water partition coefficient (Wildman–Crippen LogP) is 15.3. The summed E-state index contributed by atoms with van der Waals surface area (Å²) in [5, 5.41) is 22.0. The maximum Gasteiger partial charge on any atom is 0.315 e. The molecular weight excluding hydrogens is 1460 g/mol. The summed E-state index contributed by atoms with van der Waals surface area (Å²) in [7, 11) is 0. The molecule has 0 bridgehead atoms. The lowest BCUT2D eigenvalue weighted by molar-refractivity contribution is -0.157. The summed E-state index contributed by atoms with van der Waals surface area (Å²) in [6, 6.07) is 5.64. The average Bonchev–Trinajstić information content (AvgIpc) is 0.824. The fourth-order valence-corrected chi connectivity index (χ4v) is 15.3. The molecule has 0 saturated carbocycles. The first kappa shape index (κ1) is 104. The molecular formula is C90H162N12O11S. The highest BCUT2D eigenvalue weighted by molar-refractivity contribution is 7.99. The summed E-state index contributed by atoms with van der Waals surface area (Å²) in [5.41, 5.74) is 29.9. The smallest absolute Gasteiger partial charge is 0.315 e. The zero-order valence-electron chi connectivity index (χ0n) is 71.5. The van der Waals surface area contributed by atoms with Gasteiger partial charge in [0.2, 0.25) is 35.4 Å². The third-order valence-corrected chi connectivity index (χ3v) is 22.6. The highest BCUT2D eigenvalue weighted by Gasteiger charge is 2.34. The van der Waals surface area contributed by atoms with Crippen LogP contribution in [-0.2, 0) is 54.3 Å². The number of benzene rings is 2. The second-order valence-electron chi connectivity index (χ2n) is 31.9. The zero-order chi connectivity index (χ0) is 83.1. The minimum Gasteiger partial charge on any atom is -0.462 e. The molecule has 0 spiro atoms. The van der Waals surface area contributed by atoms with E-state index in [1.165, 1.54) is 179 Å². The predicted molar refractivity (Wildman–Crippen MR) is 468 cm³/mol. The van der Waals surface area contributed by atoms with Gasteiger partial charge in [-0.25, -0.2) is 4.79 Å². The number of ether oxygens (including phenoxy) is 2. The van der Waals surface area contributed by atoms with Gasteiger partial charge in [-0.2, -0.15) is 11.8 Å².